The number of methoxy groups -OCH3 is 1. The normalized spacial score (nSPS) is 11.9. The van der Waals surface area contributed by atoms with Crippen LogP contribution in [0.1, 0.15) is 29.5 Å². The Morgan fingerprint density at radius 2 is 2.07 bits per heavy atom. The molecule has 0 aromatic heterocycles. The predicted octanol–water partition coefficient (Wildman–Crippen LogP) is 2.64. The maximum Gasteiger partial charge on any atom is 0.128 e. The molecule has 1 unspecified atom stereocenters. The number of aryl methyl sites for hydroxylation is 1. The van der Waals surface area contributed by atoms with Crippen molar-refractivity contribution in [1.82, 2.24) is 0 Å². The van der Waals surface area contributed by atoms with Gasteiger partial charge in [0.05, 0.1) is 19.1 Å². The molecule has 3 nitrogen and oxygen atoms in total. The number of hydrogen-bond donors (Lipinski definition) is 1. The number of nitriles is 1. The number of rotatable bonds is 2. The number of benzene rings is 1. The molecule has 1 N–H and O–H groups in total. The van der Waals surface area contributed by atoms with Crippen molar-refractivity contribution in [2.75, 3.05) is 7.11 Å². The molecule has 0 aliphatic rings. The second kappa shape index (κ2) is 4.22. The van der Waals surface area contributed by atoms with E-state index in [4.69, 9.17) is 10.00 Å². The third kappa shape index (κ3) is 1.89. The number of phenolic OH excluding ortho intramolecular Hbond substituents is 1. The van der Waals surface area contributed by atoms with Gasteiger partial charge in [-0.05, 0) is 32.4 Å². The molecule has 1 aromatic carbocycles. The molecular weight excluding hydrogens is 190 g/mol. The highest BCUT2D eigenvalue weighted by Gasteiger charge is 2.16. The van der Waals surface area contributed by atoms with Crippen LogP contribution in [0.4, 0.5) is 0 Å². The van der Waals surface area contributed by atoms with Gasteiger partial charge in [0.2, 0.25) is 0 Å². The van der Waals surface area contributed by atoms with Gasteiger partial charge in [-0.3, -0.25) is 0 Å². The Hall–Kier alpha value is -1.69. The van der Waals surface area contributed by atoms with Gasteiger partial charge in [0.1, 0.15) is 11.5 Å². The highest BCUT2D eigenvalue weighted by atomic mass is 16.5. The molecule has 0 spiro atoms. The molecule has 0 fully saturated rings. The van der Waals surface area contributed by atoms with E-state index < -0.39 is 0 Å². The maximum atomic E-state index is 9.90. The lowest BCUT2D eigenvalue weighted by Gasteiger charge is -2.15. The average Bonchev–Trinajstić information content (AvgIpc) is 2.23. The third-order valence-corrected chi connectivity index (χ3v) is 2.56. The smallest absolute Gasteiger partial charge is 0.128 e. The van der Waals surface area contributed by atoms with Crippen LogP contribution in [0.2, 0.25) is 0 Å². The zero-order chi connectivity index (χ0) is 11.6. The van der Waals surface area contributed by atoms with Crippen LogP contribution in [0, 0.1) is 25.2 Å². The highest BCUT2D eigenvalue weighted by Crippen LogP contribution is 2.36. The Labute approximate surface area is 89.9 Å². The number of hydrogen-bond acceptors (Lipinski definition) is 3. The van der Waals surface area contributed by atoms with Gasteiger partial charge in [0, 0.05) is 11.1 Å². The van der Waals surface area contributed by atoms with E-state index in [1.807, 2.05) is 6.92 Å². The lowest BCUT2D eigenvalue weighted by Crippen LogP contribution is -1.98. The second-order valence-corrected chi connectivity index (χ2v) is 3.64. The van der Waals surface area contributed by atoms with Crippen molar-refractivity contribution in [3.63, 3.8) is 0 Å². The van der Waals surface area contributed by atoms with Gasteiger partial charge in [-0.25, -0.2) is 0 Å². The van der Waals surface area contributed by atoms with Crippen molar-refractivity contribution >= 4 is 0 Å². The summed E-state index contributed by atoms with van der Waals surface area (Å²) in [6, 6.07) is 3.91. The summed E-state index contributed by atoms with van der Waals surface area (Å²) in [6.07, 6.45) is 0. The molecule has 1 aromatic rings. The van der Waals surface area contributed by atoms with Gasteiger partial charge in [0.15, 0.2) is 0 Å². The van der Waals surface area contributed by atoms with E-state index in [0.29, 0.717) is 16.9 Å². The van der Waals surface area contributed by atoms with Crippen molar-refractivity contribution in [3.8, 4) is 17.6 Å². The summed E-state index contributed by atoms with van der Waals surface area (Å²) in [5.74, 6) is 0.529. The number of phenols is 1. The first-order valence-electron chi connectivity index (χ1n) is 4.79. The van der Waals surface area contributed by atoms with E-state index in [2.05, 4.69) is 6.07 Å². The van der Waals surface area contributed by atoms with Gasteiger partial charge in [-0.15, -0.1) is 0 Å². The standard InChI is InChI=1S/C12H15NO2/c1-7-5-10(8(2)6-13)11(14)9(3)12(7)15-4/h5,8,14H,1-4H3. The van der Waals surface area contributed by atoms with Crippen LogP contribution >= 0.6 is 0 Å². The first-order chi connectivity index (χ1) is 7.02. The van der Waals surface area contributed by atoms with Crippen LogP contribution in [0.3, 0.4) is 0 Å². The molecule has 0 heterocycles. The SMILES string of the molecule is COc1c(C)cc(C(C)C#N)c(O)c1C. The summed E-state index contributed by atoms with van der Waals surface area (Å²) >= 11 is 0. The van der Waals surface area contributed by atoms with Crippen molar-refractivity contribution in [2.45, 2.75) is 26.7 Å². The lowest BCUT2D eigenvalue weighted by atomic mass is 9.96. The van der Waals surface area contributed by atoms with E-state index in [1.165, 1.54) is 0 Å². The van der Waals surface area contributed by atoms with E-state index >= 15 is 0 Å². The molecule has 80 valence electrons. The molecule has 15 heavy (non-hydrogen) atoms. The fraction of sp³-hybridized carbons (Fsp3) is 0.417. The van der Waals surface area contributed by atoms with Crippen LogP contribution in [-0.2, 0) is 0 Å². The van der Waals surface area contributed by atoms with E-state index in [1.54, 1.807) is 27.0 Å². The highest BCUT2D eigenvalue weighted by molar-refractivity contribution is 5.54. The molecule has 0 radical (unpaired) electrons. The summed E-state index contributed by atoms with van der Waals surface area (Å²) < 4.78 is 5.18. The zero-order valence-corrected chi connectivity index (χ0v) is 9.46. The second-order valence-electron chi connectivity index (χ2n) is 3.64. The number of nitrogens with zero attached hydrogens (tertiary/aromatic N) is 1. The fourth-order valence-electron chi connectivity index (χ4n) is 1.70. The Morgan fingerprint density at radius 1 is 1.47 bits per heavy atom. The Bertz CT molecular complexity index is 419. The Morgan fingerprint density at radius 3 is 2.53 bits per heavy atom. The van der Waals surface area contributed by atoms with Crippen molar-refractivity contribution in [3.05, 3.63) is 22.8 Å². The first-order valence-corrected chi connectivity index (χ1v) is 4.79. The minimum absolute atomic E-state index is 0.159. The zero-order valence-electron chi connectivity index (χ0n) is 9.46. The molecule has 1 atom stereocenters. The van der Waals surface area contributed by atoms with Gasteiger partial charge >= 0.3 is 0 Å². The molecule has 0 bridgehead atoms. The van der Waals surface area contributed by atoms with Crippen LogP contribution in [0.5, 0.6) is 11.5 Å². The van der Waals surface area contributed by atoms with Gasteiger partial charge < -0.3 is 9.84 Å². The van der Waals surface area contributed by atoms with Gasteiger partial charge in [-0.2, -0.15) is 5.26 Å². The molecule has 0 aliphatic heterocycles. The predicted molar refractivity (Wildman–Crippen MR) is 58.2 cm³/mol. The molecule has 0 saturated heterocycles. The van der Waals surface area contributed by atoms with Crippen molar-refractivity contribution in [1.29, 1.82) is 5.26 Å². The summed E-state index contributed by atoms with van der Waals surface area (Å²) in [5, 5.41) is 18.7. The van der Waals surface area contributed by atoms with E-state index in [-0.39, 0.29) is 11.7 Å². The monoisotopic (exact) mass is 205 g/mol. The molecule has 3 heteroatoms. The summed E-state index contributed by atoms with van der Waals surface area (Å²) in [6.45, 7) is 5.45. The van der Waals surface area contributed by atoms with Gasteiger partial charge in [-0.1, -0.05) is 0 Å². The molecule has 0 saturated carbocycles. The van der Waals surface area contributed by atoms with Gasteiger partial charge in [0.25, 0.3) is 0 Å². The average molecular weight is 205 g/mol. The number of ether oxygens (including phenoxy) is 1. The quantitative estimate of drug-likeness (QED) is 0.807. The Balaban J connectivity index is 3.42. The summed E-state index contributed by atoms with van der Waals surface area (Å²) in [7, 11) is 1.57. The van der Waals surface area contributed by atoms with Crippen LogP contribution < -0.4 is 4.74 Å². The molecule has 1 rings (SSSR count). The van der Waals surface area contributed by atoms with Crippen molar-refractivity contribution < 1.29 is 9.84 Å². The van der Waals surface area contributed by atoms with Crippen LogP contribution in [-0.4, -0.2) is 12.2 Å². The summed E-state index contributed by atoms with van der Waals surface area (Å²) in [5.41, 5.74) is 2.29. The first kappa shape index (κ1) is 11.4. The van der Waals surface area contributed by atoms with Crippen LogP contribution in [0.25, 0.3) is 0 Å². The minimum atomic E-state index is -0.312. The van der Waals surface area contributed by atoms with Crippen molar-refractivity contribution in [2.24, 2.45) is 0 Å². The largest absolute Gasteiger partial charge is 0.507 e. The van der Waals surface area contributed by atoms with E-state index in [0.717, 1.165) is 5.56 Å². The molecule has 0 aliphatic carbocycles. The maximum absolute atomic E-state index is 9.90. The van der Waals surface area contributed by atoms with Crippen LogP contribution in [0.15, 0.2) is 6.07 Å². The van der Waals surface area contributed by atoms with E-state index in [9.17, 15) is 5.11 Å². The third-order valence-electron chi connectivity index (χ3n) is 2.56. The fourth-order valence-corrected chi connectivity index (χ4v) is 1.70. The summed E-state index contributed by atoms with van der Waals surface area (Å²) in [4.78, 5) is 0. The topological polar surface area (TPSA) is 53.2 Å². The minimum Gasteiger partial charge on any atom is -0.507 e. The Kier molecular flexibility index (Phi) is 3.21. The molecular formula is C12H15NO2. The molecule has 0 amide bonds. The lowest BCUT2D eigenvalue weighted by molar-refractivity contribution is 0.398. The number of aromatic hydroxyl groups is 1.